The van der Waals surface area contributed by atoms with Gasteiger partial charge in [-0.15, -0.1) is 6.58 Å². The van der Waals surface area contributed by atoms with Gasteiger partial charge in [0.05, 0.1) is 17.2 Å². The third-order valence-corrected chi connectivity index (χ3v) is 4.62. The van der Waals surface area contributed by atoms with E-state index >= 15 is 0 Å². The molecule has 1 heterocycles. The van der Waals surface area contributed by atoms with Crippen molar-refractivity contribution < 1.29 is 8.42 Å². The van der Waals surface area contributed by atoms with Crippen LogP contribution in [-0.2, 0) is 10.0 Å². The predicted octanol–water partition coefficient (Wildman–Crippen LogP) is 2.88. The van der Waals surface area contributed by atoms with E-state index in [4.69, 9.17) is 0 Å². The van der Waals surface area contributed by atoms with E-state index in [1.165, 1.54) is 0 Å². The zero-order chi connectivity index (χ0) is 14.8. The first-order valence-electron chi connectivity index (χ1n) is 6.38. The lowest BCUT2D eigenvalue weighted by Gasteiger charge is -2.24. The van der Waals surface area contributed by atoms with Crippen LogP contribution in [0, 0.1) is 6.92 Å². The third-order valence-electron chi connectivity index (χ3n) is 2.99. The Kier molecular flexibility index (Phi) is 4.09. The highest BCUT2D eigenvalue weighted by Crippen LogP contribution is 2.21. The van der Waals surface area contributed by atoms with Crippen LogP contribution in [-0.4, -0.2) is 25.1 Å². The summed E-state index contributed by atoms with van der Waals surface area (Å²) < 4.78 is 26.3. The van der Waals surface area contributed by atoms with Crippen molar-refractivity contribution in [2.45, 2.75) is 25.2 Å². The van der Waals surface area contributed by atoms with E-state index in [1.54, 1.807) is 30.3 Å². The molecule has 1 aliphatic heterocycles. The van der Waals surface area contributed by atoms with E-state index in [1.807, 2.05) is 19.9 Å². The molecule has 1 aromatic carbocycles. The van der Waals surface area contributed by atoms with Crippen molar-refractivity contribution in [1.29, 1.82) is 0 Å². The molecule has 0 aromatic heterocycles. The molecular weight excluding hydrogens is 272 g/mol. The Morgan fingerprint density at radius 2 is 1.95 bits per heavy atom. The van der Waals surface area contributed by atoms with E-state index in [-0.39, 0.29) is 11.4 Å². The molecule has 0 fully saturated rings. The van der Waals surface area contributed by atoms with Gasteiger partial charge in [-0.2, -0.15) is 17.9 Å². The van der Waals surface area contributed by atoms with Crippen molar-refractivity contribution >= 4 is 15.7 Å². The number of hydrogen-bond acceptors (Lipinski definition) is 3. The van der Waals surface area contributed by atoms with E-state index in [0.29, 0.717) is 12.1 Å². The number of hydrazone groups is 1. The summed E-state index contributed by atoms with van der Waals surface area (Å²) in [6.45, 7) is 7.76. The molecule has 106 valence electrons. The van der Waals surface area contributed by atoms with E-state index in [2.05, 4.69) is 11.7 Å². The van der Waals surface area contributed by atoms with Crippen LogP contribution >= 0.6 is 0 Å². The minimum absolute atomic E-state index is 0.263. The van der Waals surface area contributed by atoms with Gasteiger partial charge < -0.3 is 0 Å². The van der Waals surface area contributed by atoms with E-state index < -0.39 is 10.0 Å². The number of hydrogen-bond donors (Lipinski definition) is 0. The van der Waals surface area contributed by atoms with Crippen LogP contribution in [0.1, 0.15) is 18.9 Å². The molecule has 0 aliphatic carbocycles. The van der Waals surface area contributed by atoms with Crippen molar-refractivity contribution in [3.8, 4) is 0 Å². The molecule has 0 radical (unpaired) electrons. The second kappa shape index (κ2) is 5.63. The molecule has 4 nitrogen and oxygen atoms in total. The SMILES string of the molecule is C=CCC1=NN(S(=O)(=O)c2ccc(C)cc2)CC(C)=C1. The number of nitrogens with zero attached hydrogens (tertiary/aromatic N) is 2. The summed E-state index contributed by atoms with van der Waals surface area (Å²) in [4.78, 5) is 0.263. The summed E-state index contributed by atoms with van der Waals surface area (Å²) in [5.41, 5.74) is 2.70. The molecule has 0 unspecified atom stereocenters. The van der Waals surface area contributed by atoms with Gasteiger partial charge in [-0.1, -0.05) is 23.8 Å². The summed E-state index contributed by atoms with van der Waals surface area (Å²) in [6, 6.07) is 6.80. The highest BCUT2D eigenvalue weighted by Gasteiger charge is 2.25. The number of sulfonamides is 1. The molecule has 5 heteroatoms. The second-order valence-corrected chi connectivity index (χ2v) is 6.72. The summed E-state index contributed by atoms with van der Waals surface area (Å²) in [7, 11) is -3.59. The van der Waals surface area contributed by atoms with Gasteiger partial charge >= 0.3 is 0 Å². The van der Waals surface area contributed by atoms with Gasteiger partial charge in [-0.3, -0.25) is 0 Å². The maximum Gasteiger partial charge on any atom is 0.279 e. The first kappa shape index (κ1) is 14.5. The smallest absolute Gasteiger partial charge is 0.200 e. The molecule has 0 amide bonds. The lowest BCUT2D eigenvalue weighted by atomic mass is 10.1. The molecule has 1 aromatic rings. The fraction of sp³-hybridized carbons (Fsp3) is 0.267. The number of rotatable bonds is 4. The summed E-state index contributed by atoms with van der Waals surface area (Å²) in [5, 5.41) is 4.21. The van der Waals surface area contributed by atoms with Crippen LogP contribution in [0.3, 0.4) is 0 Å². The highest BCUT2D eigenvalue weighted by atomic mass is 32.2. The monoisotopic (exact) mass is 290 g/mol. The zero-order valence-electron chi connectivity index (χ0n) is 11.7. The van der Waals surface area contributed by atoms with Crippen LogP contribution in [0.15, 0.2) is 58.6 Å². The third kappa shape index (κ3) is 2.99. The average Bonchev–Trinajstić information content (AvgIpc) is 2.39. The molecule has 0 atom stereocenters. The molecule has 1 aliphatic rings. The molecular formula is C15H18N2O2S. The van der Waals surface area contributed by atoms with Crippen molar-refractivity contribution in [3.05, 3.63) is 54.1 Å². The lowest BCUT2D eigenvalue weighted by Crippen LogP contribution is -2.31. The Balaban J connectivity index is 2.37. The minimum Gasteiger partial charge on any atom is -0.200 e. The number of aryl methyl sites for hydroxylation is 1. The fourth-order valence-electron chi connectivity index (χ4n) is 1.97. The Bertz CT molecular complexity index is 670. The van der Waals surface area contributed by atoms with Crippen LogP contribution in [0.5, 0.6) is 0 Å². The summed E-state index contributed by atoms with van der Waals surface area (Å²) >= 11 is 0. The van der Waals surface area contributed by atoms with Crippen LogP contribution in [0.25, 0.3) is 0 Å². The van der Waals surface area contributed by atoms with Crippen LogP contribution < -0.4 is 0 Å². The Labute approximate surface area is 120 Å². The van der Waals surface area contributed by atoms with Crippen molar-refractivity contribution in [3.63, 3.8) is 0 Å². The van der Waals surface area contributed by atoms with Crippen molar-refractivity contribution in [2.75, 3.05) is 6.54 Å². The average molecular weight is 290 g/mol. The van der Waals surface area contributed by atoms with E-state index in [9.17, 15) is 8.42 Å². The predicted molar refractivity (Wildman–Crippen MR) is 81.1 cm³/mol. The van der Waals surface area contributed by atoms with Gasteiger partial charge in [-0.25, -0.2) is 0 Å². The Hall–Kier alpha value is -1.88. The zero-order valence-corrected chi connectivity index (χ0v) is 12.5. The molecule has 20 heavy (non-hydrogen) atoms. The molecule has 0 saturated carbocycles. The van der Waals surface area contributed by atoms with Gasteiger partial charge in [0, 0.05) is 6.42 Å². The first-order chi connectivity index (χ1) is 9.43. The van der Waals surface area contributed by atoms with Gasteiger partial charge in [0.2, 0.25) is 0 Å². The van der Waals surface area contributed by atoms with Crippen LogP contribution in [0.4, 0.5) is 0 Å². The maximum atomic E-state index is 12.6. The molecule has 0 saturated heterocycles. The minimum atomic E-state index is -3.59. The van der Waals surface area contributed by atoms with Crippen molar-refractivity contribution in [2.24, 2.45) is 5.10 Å². The maximum absolute atomic E-state index is 12.6. The van der Waals surface area contributed by atoms with Crippen LogP contribution in [0.2, 0.25) is 0 Å². The quantitative estimate of drug-likeness (QED) is 0.801. The Morgan fingerprint density at radius 3 is 2.55 bits per heavy atom. The highest BCUT2D eigenvalue weighted by molar-refractivity contribution is 7.89. The number of benzene rings is 1. The topological polar surface area (TPSA) is 49.7 Å². The molecule has 0 bridgehead atoms. The largest absolute Gasteiger partial charge is 0.279 e. The molecule has 2 rings (SSSR count). The first-order valence-corrected chi connectivity index (χ1v) is 7.82. The Morgan fingerprint density at radius 1 is 1.30 bits per heavy atom. The summed E-state index contributed by atoms with van der Waals surface area (Å²) in [6.07, 6.45) is 4.17. The summed E-state index contributed by atoms with van der Waals surface area (Å²) in [5.74, 6) is 0. The fourth-order valence-corrected chi connectivity index (χ4v) is 3.28. The normalized spacial score (nSPS) is 15.6. The molecule has 0 N–H and O–H groups in total. The van der Waals surface area contributed by atoms with E-state index in [0.717, 1.165) is 15.6 Å². The second-order valence-electron chi connectivity index (χ2n) is 4.87. The van der Waals surface area contributed by atoms with Gasteiger partial charge in [0.1, 0.15) is 0 Å². The van der Waals surface area contributed by atoms with Gasteiger partial charge in [-0.05, 0) is 37.6 Å². The number of allylic oxidation sites excluding steroid dienone is 2. The lowest BCUT2D eigenvalue weighted by molar-refractivity contribution is 0.451. The standard InChI is InChI=1S/C15H18N2O2S/c1-4-5-14-10-13(3)11-17(16-14)20(18,19)15-8-6-12(2)7-9-15/h4,6-10H,1,5,11H2,2-3H3. The molecule has 0 spiro atoms. The van der Waals surface area contributed by atoms with Crippen molar-refractivity contribution in [1.82, 2.24) is 4.41 Å². The van der Waals surface area contributed by atoms with Gasteiger partial charge in [0.25, 0.3) is 10.0 Å². The van der Waals surface area contributed by atoms with Gasteiger partial charge in [0.15, 0.2) is 0 Å².